The van der Waals surface area contributed by atoms with Crippen LogP contribution in [0.5, 0.6) is 5.75 Å². The largest absolute Gasteiger partial charge is 0.508 e. The number of phenolic OH excluding ortho intramolecular Hbond substituents is 1. The number of para-hydroxylation sites is 1. The van der Waals surface area contributed by atoms with Crippen molar-refractivity contribution in [1.29, 1.82) is 0 Å². The normalized spacial score (nSPS) is 11.8. The summed E-state index contributed by atoms with van der Waals surface area (Å²) in [5, 5.41) is 5.32. The summed E-state index contributed by atoms with van der Waals surface area (Å²) in [5.41, 5.74) is 6.44. The van der Waals surface area contributed by atoms with E-state index in [0.717, 1.165) is 0 Å². The van der Waals surface area contributed by atoms with Gasteiger partial charge in [0, 0.05) is 15.5 Å². The molecule has 0 atom stereocenters. The second kappa shape index (κ2) is 7.47. The van der Waals surface area contributed by atoms with Crippen molar-refractivity contribution in [2.75, 3.05) is 5.73 Å². The number of carbonyl (C=O) groups excluding carboxylic acids is 1. The van der Waals surface area contributed by atoms with Gasteiger partial charge in [-0.05, 0) is 30.3 Å². The van der Waals surface area contributed by atoms with Crippen molar-refractivity contribution in [2.45, 2.75) is 20.3 Å². The highest BCUT2D eigenvalue weighted by Crippen LogP contribution is 2.36. The molecule has 0 saturated carbocycles. The lowest BCUT2D eigenvalue weighted by atomic mass is 9.40. The van der Waals surface area contributed by atoms with E-state index in [4.69, 9.17) is 52.8 Å². The number of carbonyl (C=O) groups is 1. The smallest absolute Gasteiger partial charge is 0.251 e. The highest BCUT2D eigenvalue weighted by atomic mass is 32.2. The van der Waals surface area contributed by atoms with Crippen LogP contribution in [0.15, 0.2) is 52.3 Å². The van der Waals surface area contributed by atoms with E-state index in [9.17, 15) is 9.90 Å². The predicted molar refractivity (Wildman–Crippen MR) is 109 cm³/mol. The summed E-state index contributed by atoms with van der Waals surface area (Å²) < 4.78 is 0. The number of anilines is 1. The number of hydrogen-bond acceptors (Lipinski definition) is 4. The van der Waals surface area contributed by atoms with E-state index >= 15 is 0 Å². The number of hydrogen-bond donors (Lipinski definition) is 2. The molecule has 4 nitrogen and oxygen atoms in total. The van der Waals surface area contributed by atoms with E-state index in [1.807, 2.05) is 0 Å². The third-order valence-corrected chi connectivity index (χ3v) is 4.48. The number of amides is 1. The molecule has 26 heavy (non-hydrogen) atoms. The number of benzene rings is 2. The Morgan fingerprint density at radius 1 is 0.962 bits per heavy atom. The van der Waals surface area contributed by atoms with Gasteiger partial charge >= 0.3 is 0 Å². The van der Waals surface area contributed by atoms with Crippen LogP contribution in [-0.2, 0) is 0 Å². The van der Waals surface area contributed by atoms with E-state index < -0.39 is 16.4 Å². The molecule has 0 aliphatic heterocycles. The molecule has 0 aliphatic carbocycles. The Morgan fingerprint density at radius 2 is 1.54 bits per heavy atom. The van der Waals surface area contributed by atoms with E-state index in [2.05, 4.69) is 0 Å². The fraction of sp³-hybridized carbons (Fsp3) is 0.133. The molecule has 0 bridgehead atoms. The maximum absolute atomic E-state index is 13.0. The van der Waals surface area contributed by atoms with Gasteiger partial charge < -0.3 is 15.7 Å². The van der Waals surface area contributed by atoms with E-state index in [1.54, 1.807) is 24.3 Å². The molecule has 12 radical (unpaired) electrons. The van der Waals surface area contributed by atoms with Crippen molar-refractivity contribution in [3.8, 4) is 5.75 Å². The molecule has 0 heterocycles. The van der Waals surface area contributed by atoms with Crippen molar-refractivity contribution < 1.29 is 9.90 Å². The van der Waals surface area contributed by atoms with E-state index in [0.29, 0.717) is 20.4 Å². The minimum Gasteiger partial charge on any atom is -0.508 e. The molecule has 0 saturated heterocycles. The lowest BCUT2D eigenvalue weighted by Gasteiger charge is -2.49. The van der Waals surface area contributed by atoms with Crippen LogP contribution in [0.1, 0.15) is 10.4 Å². The first-order valence-electron chi connectivity index (χ1n) is 7.34. The molecular formula is C15H10B6N2O2S. The van der Waals surface area contributed by atoms with Gasteiger partial charge in [0.25, 0.3) is 5.91 Å². The molecule has 0 fully saturated rings. The molecule has 0 unspecified atom stereocenters. The predicted octanol–water partition coefficient (Wildman–Crippen LogP) is -0.199. The third kappa shape index (κ3) is 4.70. The van der Waals surface area contributed by atoms with Crippen LogP contribution in [0.2, 0.25) is 0 Å². The number of nitrogen functional groups attached to an aromatic ring is 1. The minimum absolute atomic E-state index is 0.00490. The molecule has 1 amide bonds. The van der Waals surface area contributed by atoms with Crippen LogP contribution in [-0.4, -0.2) is 73.5 Å². The fourth-order valence-corrected chi connectivity index (χ4v) is 3.24. The molecule has 0 aliphatic rings. The quantitative estimate of drug-likeness (QED) is 0.581. The van der Waals surface area contributed by atoms with Crippen LogP contribution in [0.3, 0.4) is 0 Å². The van der Waals surface area contributed by atoms with Gasteiger partial charge in [-0.2, -0.15) is 0 Å². The van der Waals surface area contributed by atoms with Crippen molar-refractivity contribution in [1.82, 2.24) is 4.90 Å². The molecular weight excluding hydrogens is 337 g/mol. The van der Waals surface area contributed by atoms with Gasteiger partial charge in [-0.15, -0.1) is 0 Å². The fourth-order valence-electron chi connectivity index (χ4n) is 2.27. The van der Waals surface area contributed by atoms with Gasteiger partial charge in [-0.1, -0.05) is 34.4 Å². The van der Waals surface area contributed by atoms with Crippen LogP contribution < -0.4 is 5.73 Å². The number of nitrogens with zero attached hydrogens (tertiary/aromatic N) is 1. The van der Waals surface area contributed by atoms with Gasteiger partial charge in [0.1, 0.15) is 5.75 Å². The van der Waals surface area contributed by atoms with Crippen molar-refractivity contribution in [3.05, 3.63) is 48.0 Å². The van der Waals surface area contributed by atoms with Gasteiger partial charge in [-0.3, -0.25) is 4.79 Å². The number of aromatic hydroxyl groups is 1. The zero-order valence-corrected chi connectivity index (χ0v) is 14.6. The van der Waals surface area contributed by atoms with E-state index in [-0.39, 0.29) is 11.3 Å². The maximum Gasteiger partial charge on any atom is 0.251 e. The summed E-state index contributed by atoms with van der Waals surface area (Å²) in [6, 6.07) is 11.2. The van der Waals surface area contributed by atoms with Crippen LogP contribution in [0.4, 0.5) is 5.69 Å². The summed E-state index contributed by atoms with van der Waals surface area (Å²) in [6.45, 7) is 0. The average molecular weight is 347 g/mol. The summed E-state index contributed by atoms with van der Waals surface area (Å²) in [6.07, 6.45) is 0. The first kappa shape index (κ1) is 20.6. The van der Waals surface area contributed by atoms with Crippen LogP contribution in [0.25, 0.3) is 0 Å². The van der Waals surface area contributed by atoms with Crippen molar-refractivity contribution >= 4 is 70.4 Å². The lowest BCUT2D eigenvalue weighted by Crippen LogP contribution is -2.65. The zero-order chi connectivity index (χ0) is 19.7. The Hall–Kier alpha value is -1.75. The summed E-state index contributed by atoms with van der Waals surface area (Å²) in [7, 11) is 33.6. The number of nitrogens with two attached hydrogens (primary N) is 1. The standard InChI is InChI=1S/C15H10B6N2O2S/c16-14(17,18)23(15(19,20)21)13(25)9-7-8(24)5-6-11(9)26-12-4-2-1-3-10(12)22/h1-7,24H,22H2. The molecule has 2 aromatic rings. The molecule has 116 valence electrons. The molecule has 11 heteroatoms. The Morgan fingerprint density at radius 3 is 2.08 bits per heavy atom. The molecule has 0 aromatic heterocycles. The minimum atomic E-state index is -2.24. The van der Waals surface area contributed by atoms with Crippen molar-refractivity contribution in [3.63, 3.8) is 0 Å². The number of phenols is 1. The summed E-state index contributed by atoms with van der Waals surface area (Å²) in [4.78, 5) is 14.6. The Bertz CT molecular complexity index is 809. The van der Waals surface area contributed by atoms with Gasteiger partial charge in [0.05, 0.1) is 52.6 Å². The molecule has 2 aromatic carbocycles. The molecule has 2 rings (SSSR count). The second-order valence-electron chi connectivity index (χ2n) is 5.74. The highest BCUT2D eigenvalue weighted by Gasteiger charge is 2.34. The SMILES string of the molecule is [B]C([B])([B])N(C(=O)c1cc(O)ccc1Sc1ccccc1N)C([B])([B])[B]. The first-order valence-corrected chi connectivity index (χ1v) is 8.16. The van der Waals surface area contributed by atoms with Gasteiger partial charge in [0.2, 0.25) is 0 Å². The Labute approximate surface area is 165 Å². The third-order valence-electron chi connectivity index (χ3n) is 3.31. The summed E-state index contributed by atoms with van der Waals surface area (Å²) >= 11 is 1.19. The monoisotopic (exact) mass is 348 g/mol. The Kier molecular flexibility index (Phi) is 5.91. The summed E-state index contributed by atoms with van der Waals surface area (Å²) in [5.74, 6) is -1.04. The van der Waals surface area contributed by atoms with Gasteiger partial charge in [-0.25, -0.2) is 0 Å². The maximum atomic E-state index is 13.0. The van der Waals surface area contributed by atoms with Crippen LogP contribution in [0, 0.1) is 0 Å². The van der Waals surface area contributed by atoms with Crippen LogP contribution >= 0.6 is 11.8 Å². The number of rotatable bonds is 5. The molecule has 0 spiro atoms. The average Bonchev–Trinajstić information content (AvgIpc) is 2.48. The first-order chi connectivity index (χ1) is 11.9. The highest BCUT2D eigenvalue weighted by molar-refractivity contribution is 7.99. The van der Waals surface area contributed by atoms with Gasteiger partial charge in [0.15, 0.2) is 0 Å². The molecule has 3 N–H and O–H groups in total. The van der Waals surface area contributed by atoms with E-state index in [1.165, 1.54) is 30.0 Å². The Balaban J connectivity index is 2.53. The topological polar surface area (TPSA) is 66.6 Å². The lowest BCUT2D eigenvalue weighted by molar-refractivity contribution is 0.0740. The second-order valence-corrected chi connectivity index (χ2v) is 6.82. The zero-order valence-electron chi connectivity index (χ0n) is 13.8. The van der Waals surface area contributed by atoms with Crippen molar-refractivity contribution in [2.24, 2.45) is 0 Å².